The van der Waals surface area contributed by atoms with Crippen molar-refractivity contribution in [1.29, 1.82) is 0 Å². The highest BCUT2D eigenvalue weighted by atomic mass is 32.2. The summed E-state index contributed by atoms with van der Waals surface area (Å²) in [6.07, 6.45) is 1.48. The summed E-state index contributed by atoms with van der Waals surface area (Å²) in [6, 6.07) is 2.35. The minimum Gasteiger partial charge on any atom is -0.318 e. The molecule has 1 fully saturated rings. The molecule has 1 saturated heterocycles. The van der Waals surface area contributed by atoms with Gasteiger partial charge in [-0.2, -0.15) is 4.31 Å². The van der Waals surface area contributed by atoms with Gasteiger partial charge in [0.05, 0.1) is 0 Å². The summed E-state index contributed by atoms with van der Waals surface area (Å²) < 4.78 is 52.6. The standard InChI is InChI=1S/C12H16F2N2O2S/c1-15-8-10-3-2-6-16(10)19(17,18)12-5-4-9(13)7-11(12)14/h4-5,7,10,15H,2-3,6,8H2,1H3. The van der Waals surface area contributed by atoms with E-state index in [1.54, 1.807) is 7.05 Å². The molecule has 1 unspecified atom stereocenters. The molecule has 7 heteroatoms. The lowest BCUT2D eigenvalue weighted by atomic mass is 10.2. The van der Waals surface area contributed by atoms with E-state index in [1.165, 1.54) is 4.31 Å². The molecule has 0 bridgehead atoms. The molecule has 1 heterocycles. The van der Waals surface area contributed by atoms with Crippen LogP contribution in [0.5, 0.6) is 0 Å². The second-order valence-corrected chi connectivity index (χ2v) is 6.40. The normalized spacial score (nSPS) is 20.9. The van der Waals surface area contributed by atoms with Crippen LogP contribution in [0, 0.1) is 11.6 Å². The summed E-state index contributed by atoms with van der Waals surface area (Å²) >= 11 is 0. The molecule has 0 aliphatic carbocycles. The Hall–Kier alpha value is -1.05. The van der Waals surface area contributed by atoms with Crippen molar-refractivity contribution in [1.82, 2.24) is 9.62 Å². The molecular formula is C12H16F2N2O2S. The van der Waals surface area contributed by atoms with Gasteiger partial charge in [0.2, 0.25) is 10.0 Å². The molecule has 19 heavy (non-hydrogen) atoms. The van der Waals surface area contributed by atoms with Gasteiger partial charge in [-0.1, -0.05) is 0 Å². The van der Waals surface area contributed by atoms with Gasteiger partial charge in [-0.15, -0.1) is 0 Å². The Balaban J connectivity index is 2.36. The van der Waals surface area contributed by atoms with E-state index in [0.717, 1.165) is 25.0 Å². The van der Waals surface area contributed by atoms with Crippen LogP contribution in [-0.4, -0.2) is 38.9 Å². The molecule has 106 valence electrons. The predicted molar refractivity (Wildman–Crippen MR) is 67.2 cm³/mol. The number of hydrogen-bond donors (Lipinski definition) is 1. The van der Waals surface area contributed by atoms with Gasteiger partial charge in [0.15, 0.2) is 0 Å². The Morgan fingerprint density at radius 2 is 2.16 bits per heavy atom. The Morgan fingerprint density at radius 1 is 1.42 bits per heavy atom. The van der Waals surface area contributed by atoms with E-state index in [1.807, 2.05) is 0 Å². The van der Waals surface area contributed by atoms with Crippen molar-refractivity contribution < 1.29 is 17.2 Å². The number of sulfonamides is 1. The number of rotatable bonds is 4. The van der Waals surface area contributed by atoms with Crippen molar-refractivity contribution in [2.75, 3.05) is 20.1 Å². The summed E-state index contributed by atoms with van der Waals surface area (Å²) in [6.45, 7) is 0.882. The summed E-state index contributed by atoms with van der Waals surface area (Å²) in [4.78, 5) is -0.461. The van der Waals surface area contributed by atoms with Gasteiger partial charge in [-0.3, -0.25) is 0 Å². The highest BCUT2D eigenvalue weighted by Crippen LogP contribution is 2.27. The summed E-state index contributed by atoms with van der Waals surface area (Å²) in [5.74, 6) is -1.83. The molecule has 1 atom stereocenters. The van der Waals surface area contributed by atoms with E-state index >= 15 is 0 Å². The van der Waals surface area contributed by atoms with Gasteiger partial charge in [-0.05, 0) is 32.0 Å². The number of nitrogens with one attached hydrogen (secondary N) is 1. The van der Waals surface area contributed by atoms with Crippen molar-refractivity contribution in [3.05, 3.63) is 29.8 Å². The highest BCUT2D eigenvalue weighted by molar-refractivity contribution is 7.89. The quantitative estimate of drug-likeness (QED) is 0.910. The van der Waals surface area contributed by atoms with Crippen LogP contribution in [0.1, 0.15) is 12.8 Å². The maximum Gasteiger partial charge on any atom is 0.246 e. The average Bonchev–Trinajstić information content (AvgIpc) is 2.78. The smallest absolute Gasteiger partial charge is 0.246 e. The Morgan fingerprint density at radius 3 is 2.79 bits per heavy atom. The van der Waals surface area contributed by atoms with Crippen LogP contribution < -0.4 is 5.32 Å². The number of nitrogens with zero attached hydrogens (tertiary/aromatic N) is 1. The molecule has 4 nitrogen and oxygen atoms in total. The molecule has 0 radical (unpaired) electrons. The van der Waals surface area contributed by atoms with Gasteiger partial charge in [0.25, 0.3) is 0 Å². The minimum absolute atomic E-state index is 0.181. The lowest BCUT2D eigenvalue weighted by Gasteiger charge is -2.24. The molecule has 2 rings (SSSR count). The van der Waals surface area contributed by atoms with Crippen molar-refractivity contribution in [2.24, 2.45) is 0 Å². The summed E-state index contributed by atoms with van der Waals surface area (Å²) in [7, 11) is -2.17. The van der Waals surface area contributed by atoms with Crippen molar-refractivity contribution >= 4 is 10.0 Å². The van der Waals surface area contributed by atoms with Gasteiger partial charge in [0.1, 0.15) is 16.5 Å². The maximum atomic E-state index is 13.7. The van der Waals surface area contributed by atoms with Crippen molar-refractivity contribution in [2.45, 2.75) is 23.8 Å². The topological polar surface area (TPSA) is 49.4 Å². The third-order valence-corrected chi connectivity index (χ3v) is 5.23. The molecule has 1 aliphatic heterocycles. The third-order valence-electron chi connectivity index (χ3n) is 3.24. The minimum atomic E-state index is -3.91. The van der Waals surface area contributed by atoms with Gasteiger partial charge in [-0.25, -0.2) is 17.2 Å². The maximum absolute atomic E-state index is 13.7. The third kappa shape index (κ3) is 2.77. The van der Waals surface area contributed by atoms with E-state index in [-0.39, 0.29) is 6.04 Å². The van der Waals surface area contributed by atoms with Gasteiger partial charge < -0.3 is 5.32 Å². The Labute approximate surface area is 111 Å². The number of halogens is 2. The largest absolute Gasteiger partial charge is 0.318 e. The zero-order valence-corrected chi connectivity index (χ0v) is 11.4. The van der Waals surface area contributed by atoms with E-state index in [9.17, 15) is 17.2 Å². The molecule has 0 spiro atoms. The monoisotopic (exact) mass is 290 g/mol. The van der Waals surface area contributed by atoms with Crippen LogP contribution in [0.15, 0.2) is 23.1 Å². The fraction of sp³-hybridized carbons (Fsp3) is 0.500. The SMILES string of the molecule is CNCC1CCCN1S(=O)(=O)c1ccc(F)cc1F. The van der Waals surface area contributed by atoms with Crippen LogP contribution in [0.25, 0.3) is 0 Å². The second-order valence-electron chi connectivity index (χ2n) is 4.54. The highest BCUT2D eigenvalue weighted by Gasteiger charge is 2.36. The van der Waals surface area contributed by atoms with Crippen LogP contribution in [-0.2, 0) is 10.0 Å². The number of likely N-dealkylation sites (N-methyl/N-ethyl adjacent to an activating group) is 1. The van der Waals surface area contributed by atoms with Gasteiger partial charge in [0, 0.05) is 25.2 Å². The molecule has 0 aromatic heterocycles. The summed E-state index contributed by atoms with van der Waals surface area (Å²) in [5.41, 5.74) is 0. The van der Waals surface area contributed by atoms with Crippen molar-refractivity contribution in [3.63, 3.8) is 0 Å². The molecular weight excluding hydrogens is 274 g/mol. The molecule has 0 saturated carbocycles. The first kappa shape index (κ1) is 14.4. The van der Waals surface area contributed by atoms with Crippen LogP contribution in [0.4, 0.5) is 8.78 Å². The number of benzene rings is 1. The summed E-state index contributed by atoms with van der Waals surface area (Å²) in [5, 5.41) is 2.93. The predicted octanol–water partition coefficient (Wildman–Crippen LogP) is 1.34. The number of hydrogen-bond acceptors (Lipinski definition) is 3. The first-order chi connectivity index (χ1) is 8.96. The molecule has 0 amide bonds. The zero-order valence-electron chi connectivity index (χ0n) is 10.6. The van der Waals surface area contributed by atoms with Crippen LogP contribution in [0.3, 0.4) is 0 Å². The van der Waals surface area contributed by atoms with E-state index < -0.39 is 26.6 Å². The fourth-order valence-corrected chi connectivity index (χ4v) is 4.12. The molecule has 1 aromatic rings. The zero-order chi connectivity index (χ0) is 14.0. The Bertz CT molecular complexity index is 563. The molecule has 1 N–H and O–H groups in total. The first-order valence-electron chi connectivity index (χ1n) is 6.08. The molecule has 1 aliphatic rings. The second kappa shape index (κ2) is 5.52. The van der Waals surface area contributed by atoms with E-state index in [4.69, 9.17) is 0 Å². The van der Waals surface area contributed by atoms with Crippen LogP contribution >= 0.6 is 0 Å². The van der Waals surface area contributed by atoms with E-state index in [2.05, 4.69) is 5.32 Å². The lowest BCUT2D eigenvalue weighted by molar-refractivity contribution is 0.376. The molecule has 1 aromatic carbocycles. The fourth-order valence-electron chi connectivity index (χ4n) is 2.38. The van der Waals surface area contributed by atoms with E-state index in [0.29, 0.717) is 19.2 Å². The average molecular weight is 290 g/mol. The first-order valence-corrected chi connectivity index (χ1v) is 7.52. The van der Waals surface area contributed by atoms with Gasteiger partial charge >= 0.3 is 0 Å². The van der Waals surface area contributed by atoms with Crippen molar-refractivity contribution in [3.8, 4) is 0 Å². The van der Waals surface area contributed by atoms with Crippen LogP contribution in [0.2, 0.25) is 0 Å². The Kier molecular flexibility index (Phi) is 4.17. The lowest BCUT2D eigenvalue weighted by Crippen LogP contribution is -2.41.